The number of Topliss-reactive ketones (excluding diaryl/α,β-unsaturated/α-hetero) is 1. The van der Waals surface area contributed by atoms with Crippen molar-refractivity contribution in [3.8, 4) is 0 Å². The van der Waals surface area contributed by atoms with Gasteiger partial charge in [-0.15, -0.1) is 5.10 Å². The molecule has 2 heterocycles. The number of hydrogen-bond donors (Lipinski definition) is 1. The van der Waals surface area contributed by atoms with Crippen LogP contribution in [0.4, 0.5) is 13.2 Å². The fraction of sp³-hybridized carbons (Fsp3) is 0.333. The van der Waals surface area contributed by atoms with E-state index in [9.17, 15) is 23.1 Å². The Labute approximate surface area is 152 Å². The first-order chi connectivity index (χ1) is 12.7. The summed E-state index contributed by atoms with van der Waals surface area (Å²) >= 11 is 0. The summed E-state index contributed by atoms with van der Waals surface area (Å²) in [5, 5.41) is 17.8. The lowest BCUT2D eigenvalue weighted by Gasteiger charge is -2.26. The smallest absolute Gasteiger partial charge is 0.375 e. The van der Waals surface area contributed by atoms with Crippen molar-refractivity contribution in [3.05, 3.63) is 53.5 Å². The molecule has 142 valence electrons. The molecule has 3 aromatic rings. The van der Waals surface area contributed by atoms with Gasteiger partial charge in [0.2, 0.25) is 5.60 Å². The fourth-order valence-corrected chi connectivity index (χ4v) is 2.88. The second-order valence-electron chi connectivity index (χ2n) is 6.28. The Kier molecular flexibility index (Phi) is 4.73. The lowest BCUT2D eigenvalue weighted by atomic mass is 9.96. The molecule has 1 N–H and O–H groups in total. The zero-order valence-corrected chi connectivity index (χ0v) is 14.7. The molecule has 3 rings (SSSR count). The van der Waals surface area contributed by atoms with Gasteiger partial charge >= 0.3 is 6.18 Å². The number of carbonyl (C=O) groups is 1. The SMILES string of the molecule is CCC(O)(c1cn(Cc2ccc3c(C(C)=O)ccnc3c2)nn1)C(F)(F)F. The van der Waals surface area contributed by atoms with Crippen LogP contribution in [-0.4, -0.2) is 37.0 Å². The van der Waals surface area contributed by atoms with E-state index in [-0.39, 0.29) is 12.3 Å². The summed E-state index contributed by atoms with van der Waals surface area (Å²) in [6.07, 6.45) is -2.80. The highest BCUT2D eigenvalue weighted by molar-refractivity contribution is 6.06. The normalized spacial score (nSPS) is 14.3. The molecule has 27 heavy (non-hydrogen) atoms. The lowest BCUT2D eigenvalue weighted by Crippen LogP contribution is -2.42. The minimum Gasteiger partial charge on any atom is -0.375 e. The van der Waals surface area contributed by atoms with E-state index in [1.54, 1.807) is 24.3 Å². The van der Waals surface area contributed by atoms with E-state index in [1.165, 1.54) is 24.7 Å². The van der Waals surface area contributed by atoms with Gasteiger partial charge in [-0.25, -0.2) is 4.68 Å². The molecule has 1 aromatic carbocycles. The van der Waals surface area contributed by atoms with E-state index < -0.39 is 23.9 Å². The summed E-state index contributed by atoms with van der Waals surface area (Å²) in [5.74, 6) is -0.0814. The number of pyridine rings is 1. The van der Waals surface area contributed by atoms with Crippen molar-refractivity contribution in [3.63, 3.8) is 0 Å². The van der Waals surface area contributed by atoms with Gasteiger partial charge in [0.15, 0.2) is 5.78 Å². The van der Waals surface area contributed by atoms with Crippen molar-refractivity contribution in [1.29, 1.82) is 0 Å². The summed E-state index contributed by atoms with van der Waals surface area (Å²) < 4.78 is 40.6. The molecule has 0 amide bonds. The Morgan fingerprint density at radius 1 is 1.26 bits per heavy atom. The second-order valence-corrected chi connectivity index (χ2v) is 6.28. The molecule has 0 bridgehead atoms. The van der Waals surface area contributed by atoms with Crippen LogP contribution >= 0.6 is 0 Å². The number of fused-ring (bicyclic) bond motifs is 1. The molecule has 0 fully saturated rings. The maximum absolute atomic E-state index is 13.1. The largest absolute Gasteiger partial charge is 0.423 e. The Morgan fingerprint density at radius 2 is 2.00 bits per heavy atom. The third-order valence-electron chi connectivity index (χ3n) is 4.47. The molecule has 0 saturated heterocycles. The number of ketones is 1. The van der Waals surface area contributed by atoms with Crippen LogP contribution in [0.1, 0.15) is 41.9 Å². The number of hydrogen-bond acceptors (Lipinski definition) is 5. The minimum atomic E-state index is -4.85. The van der Waals surface area contributed by atoms with Crippen LogP contribution in [0.5, 0.6) is 0 Å². The minimum absolute atomic E-state index is 0.0814. The van der Waals surface area contributed by atoms with Gasteiger partial charge in [0, 0.05) is 17.1 Å². The standard InChI is InChI=1S/C18H17F3N4O2/c1-3-17(27,18(19,20)21)16-10-25(24-23-16)9-12-4-5-14-13(11(2)26)6-7-22-15(14)8-12/h4-8,10,27H,3,9H2,1-2H3. The first-order valence-electron chi connectivity index (χ1n) is 8.24. The van der Waals surface area contributed by atoms with Crippen LogP contribution in [0.2, 0.25) is 0 Å². The van der Waals surface area contributed by atoms with E-state index in [1.807, 2.05) is 0 Å². The van der Waals surface area contributed by atoms with Crippen LogP contribution in [-0.2, 0) is 12.1 Å². The highest BCUT2D eigenvalue weighted by Gasteiger charge is 2.55. The maximum Gasteiger partial charge on any atom is 0.423 e. The van der Waals surface area contributed by atoms with Gasteiger partial charge in [0.1, 0.15) is 5.69 Å². The zero-order chi connectivity index (χ0) is 19.8. The van der Waals surface area contributed by atoms with E-state index in [0.29, 0.717) is 16.5 Å². The van der Waals surface area contributed by atoms with Crippen LogP contribution in [0.25, 0.3) is 10.9 Å². The third-order valence-corrected chi connectivity index (χ3v) is 4.47. The fourth-order valence-electron chi connectivity index (χ4n) is 2.88. The quantitative estimate of drug-likeness (QED) is 0.690. The molecule has 0 aliphatic carbocycles. The summed E-state index contributed by atoms with van der Waals surface area (Å²) in [6.45, 7) is 2.84. The summed E-state index contributed by atoms with van der Waals surface area (Å²) in [6, 6.07) is 6.85. The molecule has 1 unspecified atom stereocenters. The summed E-state index contributed by atoms with van der Waals surface area (Å²) in [7, 11) is 0. The number of halogens is 3. The predicted octanol–water partition coefficient (Wildman–Crippen LogP) is 3.24. The Balaban J connectivity index is 1.91. The van der Waals surface area contributed by atoms with Gasteiger partial charge < -0.3 is 5.11 Å². The van der Waals surface area contributed by atoms with Crippen molar-refractivity contribution in [2.24, 2.45) is 0 Å². The molecule has 1 atom stereocenters. The Morgan fingerprint density at radius 3 is 2.63 bits per heavy atom. The molecule has 2 aromatic heterocycles. The molecule has 0 aliphatic rings. The number of carbonyl (C=O) groups excluding carboxylic acids is 1. The predicted molar refractivity (Wildman–Crippen MR) is 91.1 cm³/mol. The van der Waals surface area contributed by atoms with Gasteiger partial charge in [0.05, 0.1) is 18.3 Å². The van der Waals surface area contributed by atoms with Crippen molar-refractivity contribution in [2.45, 2.75) is 38.6 Å². The molecule has 6 nitrogen and oxygen atoms in total. The van der Waals surface area contributed by atoms with E-state index >= 15 is 0 Å². The number of aliphatic hydroxyl groups is 1. The average Bonchev–Trinajstić information content (AvgIpc) is 3.08. The van der Waals surface area contributed by atoms with E-state index in [2.05, 4.69) is 15.3 Å². The highest BCUT2D eigenvalue weighted by Crippen LogP contribution is 2.40. The summed E-state index contributed by atoms with van der Waals surface area (Å²) in [5.41, 5.74) is -1.71. The second kappa shape index (κ2) is 6.73. The Hall–Kier alpha value is -2.81. The van der Waals surface area contributed by atoms with Crippen molar-refractivity contribution in [2.75, 3.05) is 0 Å². The number of alkyl halides is 3. The zero-order valence-electron chi connectivity index (χ0n) is 14.7. The molecule has 9 heteroatoms. The molecule has 0 radical (unpaired) electrons. The maximum atomic E-state index is 13.1. The number of benzene rings is 1. The first kappa shape index (κ1) is 19.0. The lowest BCUT2D eigenvalue weighted by molar-refractivity contribution is -0.269. The van der Waals surface area contributed by atoms with Gasteiger partial charge in [-0.2, -0.15) is 13.2 Å². The monoisotopic (exact) mass is 378 g/mol. The molecular weight excluding hydrogens is 361 g/mol. The van der Waals surface area contributed by atoms with Gasteiger partial charge in [-0.1, -0.05) is 24.3 Å². The topological polar surface area (TPSA) is 80.9 Å². The van der Waals surface area contributed by atoms with Crippen LogP contribution in [0.3, 0.4) is 0 Å². The third kappa shape index (κ3) is 3.42. The highest BCUT2D eigenvalue weighted by atomic mass is 19.4. The molecular formula is C18H17F3N4O2. The van der Waals surface area contributed by atoms with Crippen LogP contribution in [0.15, 0.2) is 36.7 Å². The molecule has 0 saturated carbocycles. The molecule has 0 aliphatic heterocycles. The van der Waals surface area contributed by atoms with Gasteiger partial charge in [0.25, 0.3) is 0 Å². The summed E-state index contributed by atoms with van der Waals surface area (Å²) in [4.78, 5) is 15.9. The van der Waals surface area contributed by atoms with Gasteiger partial charge in [-0.05, 0) is 31.0 Å². The first-order valence-corrected chi connectivity index (χ1v) is 8.24. The van der Waals surface area contributed by atoms with Crippen molar-refractivity contribution in [1.82, 2.24) is 20.0 Å². The molecule has 0 spiro atoms. The number of rotatable bonds is 5. The van der Waals surface area contributed by atoms with E-state index in [0.717, 1.165) is 11.8 Å². The Bertz CT molecular complexity index is 1000. The van der Waals surface area contributed by atoms with Crippen LogP contribution in [0, 0.1) is 0 Å². The van der Waals surface area contributed by atoms with Gasteiger partial charge in [-0.3, -0.25) is 9.78 Å². The van der Waals surface area contributed by atoms with E-state index in [4.69, 9.17) is 0 Å². The van der Waals surface area contributed by atoms with Crippen LogP contribution < -0.4 is 0 Å². The number of aromatic nitrogens is 4. The number of nitrogens with zero attached hydrogens (tertiary/aromatic N) is 4. The van der Waals surface area contributed by atoms with Crippen molar-refractivity contribution >= 4 is 16.7 Å². The van der Waals surface area contributed by atoms with Crippen molar-refractivity contribution < 1.29 is 23.1 Å². The average molecular weight is 378 g/mol.